The van der Waals surface area contributed by atoms with E-state index in [9.17, 15) is 18.0 Å². The van der Waals surface area contributed by atoms with E-state index < -0.39 is 11.7 Å². The molecule has 0 fully saturated rings. The molecule has 0 saturated carbocycles. The van der Waals surface area contributed by atoms with Crippen LogP contribution in [0.2, 0.25) is 0 Å². The minimum Gasteiger partial charge on any atom is -0.308 e. The molecule has 0 unspecified atom stereocenters. The van der Waals surface area contributed by atoms with E-state index in [1.807, 2.05) is 24.3 Å². The van der Waals surface area contributed by atoms with Crippen LogP contribution >= 0.6 is 0 Å². The van der Waals surface area contributed by atoms with E-state index in [2.05, 4.69) is 6.92 Å². The molecule has 0 saturated heterocycles. The number of anilines is 1. The molecule has 0 spiro atoms. The number of fused-ring (bicyclic) bond motifs is 1. The second kappa shape index (κ2) is 6.75. The Balaban J connectivity index is 1.96. The second-order valence-electron chi connectivity index (χ2n) is 6.01. The number of halogens is 3. The van der Waals surface area contributed by atoms with E-state index in [-0.39, 0.29) is 5.91 Å². The molecule has 0 atom stereocenters. The molecule has 1 amide bonds. The lowest BCUT2D eigenvalue weighted by Crippen LogP contribution is -2.27. The van der Waals surface area contributed by atoms with Crippen LogP contribution < -0.4 is 4.90 Å². The van der Waals surface area contributed by atoms with Crippen LogP contribution in [0, 0.1) is 0 Å². The highest BCUT2D eigenvalue weighted by Crippen LogP contribution is 2.38. The lowest BCUT2D eigenvalue weighted by Gasteiger charge is -2.16. The molecular formula is C20H18F3NO. The standard InChI is InChI=1S/C20H18F3NO/c1-2-3-12-24-18-7-5-4-6-16(18)17(19(24)25)13-14-8-10-15(11-9-14)20(21,22)23/h4-11,13H,2-3,12H2,1H3/b17-13-. The Kier molecular flexibility index (Phi) is 4.66. The summed E-state index contributed by atoms with van der Waals surface area (Å²) in [6.45, 7) is 2.70. The van der Waals surface area contributed by atoms with Gasteiger partial charge in [0.15, 0.2) is 0 Å². The van der Waals surface area contributed by atoms with Crippen LogP contribution in [0.15, 0.2) is 48.5 Å². The van der Waals surface area contributed by atoms with Gasteiger partial charge < -0.3 is 4.90 Å². The number of alkyl halides is 3. The monoisotopic (exact) mass is 345 g/mol. The number of carbonyl (C=O) groups excluding carboxylic acids is 1. The third-order valence-electron chi connectivity index (χ3n) is 4.24. The average Bonchev–Trinajstić information content (AvgIpc) is 2.85. The highest BCUT2D eigenvalue weighted by molar-refractivity contribution is 6.35. The maximum absolute atomic E-state index is 12.8. The van der Waals surface area contributed by atoms with Crippen molar-refractivity contribution in [2.24, 2.45) is 0 Å². The van der Waals surface area contributed by atoms with Gasteiger partial charge in [-0.2, -0.15) is 13.2 Å². The molecule has 3 rings (SSSR count). The number of carbonyl (C=O) groups is 1. The smallest absolute Gasteiger partial charge is 0.308 e. The normalized spacial score (nSPS) is 15.8. The SMILES string of the molecule is CCCCN1C(=O)/C(=C\c2ccc(C(F)(F)F)cc2)c2ccccc21. The Morgan fingerprint density at radius 1 is 1.04 bits per heavy atom. The fraction of sp³-hybridized carbons (Fsp3) is 0.250. The Labute approximate surface area is 144 Å². The van der Waals surface area contributed by atoms with Gasteiger partial charge in [0.25, 0.3) is 5.91 Å². The number of para-hydroxylation sites is 1. The Morgan fingerprint density at radius 2 is 1.72 bits per heavy atom. The minimum atomic E-state index is -4.36. The van der Waals surface area contributed by atoms with Crippen LogP contribution in [-0.4, -0.2) is 12.5 Å². The van der Waals surface area contributed by atoms with Gasteiger partial charge in [0, 0.05) is 17.7 Å². The third-order valence-corrected chi connectivity index (χ3v) is 4.24. The first-order chi connectivity index (χ1) is 11.9. The van der Waals surface area contributed by atoms with Crippen molar-refractivity contribution in [1.29, 1.82) is 0 Å². The highest BCUT2D eigenvalue weighted by atomic mass is 19.4. The molecule has 0 bridgehead atoms. The van der Waals surface area contributed by atoms with Crippen molar-refractivity contribution in [3.05, 3.63) is 65.2 Å². The molecule has 1 aliphatic rings. The predicted molar refractivity (Wildman–Crippen MR) is 93.0 cm³/mol. The van der Waals surface area contributed by atoms with Crippen LogP contribution in [0.4, 0.5) is 18.9 Å². The number of unbranched alkanes of at least 4 members (excludes halogenated alkanes) is 1. The van der Waals surface area contributed by atoms with Crippen LogP contribution in [0.1, 0.15) is 36.5 Å². The van der Waals surface area contributed by atoms with Crippen molar-refractivity contribution in [3.8, 4) is 0 Å². The van der Waals surface area contributed by atoms with Crippen molar-refractivity contribution < 1.29 is 18.0 Å². The molecular weight excluding hydrogens is 327 g/mol. The molecule has 2 aromatic rings. The van der Waals surface area contributed by atoms with Gasteiger partial charge in [0.1, 0.15) is 0 Å². The summed E-state index contributed by atoms with van der Waals surface area (Å²) in [7, 11) is 0. The number of nitrogens with zero attached hydrogens (tertiary/aromatic N) is 1. The molecule has 1 aliphatic heterocycles. The lowest BCUT2D eigenvalue weighted by atomic mass is 10.0. The average molecular weight is 345 g/mol. The van der Waals surface area contributed by atoms with Crippen LogP contribution in [0.3, 0.4) is 0 Å². The summed E-state index contributed by atoms with van der Waals surface area (Å²) < 4.78 is 38.0. The van der Waals surface area contributed by atoms with Crippen molar-refractivity contribution in [2.45, 2.75) is 25.9 Å². The number of amides is 1. The summed E-state index contributed by atoms with van der Waals surface area (Å²) in [6.07, 6.45) is -0.830. The number of rotatable bonds is 4. The molecule has 0 N–H and O–H groups in total. The van der Waals surface area contributed by atoms with Gasteiger partial charge in [-0.3, -0.25) is 4.79 Å². The molecule has 5 heteroatoms. The molecule has 0 aliphatic carbocycles. The Morgan fingerprint density at radius 3 is 2.36 bits per heavy atom. The zero-order valence-electron chi connectivity index (χ0n) is 13.8. The maximum Gasteiger partial charge on any atom is 0.416 e. The third kappa shape index (κ3) is 3.45. The maximum atomic E-state index is 12.8. The first-order valence-corrected chi connectivity index (χ1v) is 8.22. The van der Waals surface area contributed by atoms with Gasteiger partial charge in [-0.1, -0.05) is 43.7 Å². The number of hydrogen-bond donors (Lipinski definition) is 0. The van der Waals surface area contributed by atoms with E-state index in [4.69, 9.17) is 0 Å². The largest absolute Gasteiger partial charge is 0.416 e. The predicted octanol–water partition coefficient (Wildman–Crippen LogP) is 5.39. The molecule has 0 aromatic heterocycles. The topological polar surface area (TPSA) is 20.3 Å². The van der Waals surface area contributed by atoms with E-state index in [0.29, 0.717) is 17.7 Å². The fourth-order valence-electron chi connectivity index (χ4n) is 2.92. The molecule has 0 radical (unpaired) electrons. The van der Waals surface area contributed by atoms with Gasteiger partial charge in [0.2, 0.25) is 0 Å². The quantitative estimate of drug-likeness (QED) is 0.680. The second-order valence-corrected chi connectivity index (χ2v) is 6.01. The Bertz CT molecular complexity index is 806. The molecule has 1 heterocycles. The first kappa shape index (κ1) is 17.3. The summed E-state index contributed by atoms with van der Waals surface area (Å²) >= 11 is 0. The Hall–Kier alpha value is -2.56. The molecule has 2 nitrogen and oxygen atoms in total. The summed E-state index contributed by atoms with van der Waals surface area (Å²) in [5.41, 5.74) is 2.08. The fourth-order valence-corrected chi connectivity index (χ4v) is 2.92. The zero-order valence-corrected chi connectivity index (χ0v) is 13.8. The van der Waals surface area contributed by atoms with Crippen LogP contribution in [0.25, 0.3) is 11.6 Å². The minimum absolute atomic E-state index is 0.102. The highest BCUT2D eigenvalue weighted by Gasteiger charge is 2.32. The summed E-state index contributed by atoms with van der Waals surface area (Å²) in [5, 5.41) is 0. The number of hydrogen-bond acceptors (Lipinski definition) is 1. The van der Waals surface area contributed by atoms with E-state index in [1.54, 1.807) is 11.0 Å². The first-order valence-electron chi connectivity index (χ1n) is 8.22. The lowest BCUT2D eigenvalue weighted by molar-refractivity contribution is -0.137. The summed E-state index contributed by atoms with van der Waals surface area (Å²) in [4.78, 5) is 14.5. The van der Waals surface area contributed by atoms with Crippen LogP contribution in [-0.2, 0) is 11.0 Å². The molecule has 2 aromatic carbocycles. The van der Waals surface area contributed by atoms with E-state index in [1.165, 1.54) is 12.1 Å². The van der Waals surface area contributed by atoms with Crippen molar-refractivity contribution in [2.75, 3.05) is 11.4 Å². The van der Waals surface area contributed by atoms with Gasteiger partial charge in [0.05, 0.1) is 11.3 Å². The number of benzene rings is 2. The summed E-state index contributed by atoms with van der Waals surface area (Å²) in [5.74, 6) is -0.102. The van der Waals surface area contributed by atoms with Gasteiger partial charge in [-0.25, -0.2) is 0 Å². The van der Waals surface area contributed by atoms with Gasteiger partial charge in [-0.15, -0.1) is 0 Å². The van der Waals surface area contributed by atoms with E-state index >= 15 is 0 Å². The van der Waals surface area contributed by atoms with Gasteiger partial charge >= 0.3 is 6.18 Å². The van der Waals surface area contributed by atoms with Crippen molar-refractivity contribution in [1.82, 2.24) is 0 Å². The molecule has 25 heavy (non-hydrogen) atoms. The van der Waals surface area contributed by atoms with Crippen LogP contribution in [0.5, 0.6) is 0 Å². The van der Waals surface area contributed by atoms with Crippen molar-refractivity contribution in [3.63, 3.8) is 0 Å². The van der Waals surface area contributed by atoms with E-state index in [0.717, 1.165) is 36.2 Å². The molecule has 130 valence electrons. The van der Waals surface area contributed by atoms with Gasteiger partial charge in [-0.05, 0) is 36.3 Å². The summed E-state index contributed by atoms with van der Waals surface area (Å²) in [6, 6.07) is 12.4. The zero-order chi connectivity index (χ0) is 18.0. The van der Waals surface area contributed by atoms with Crippen molar-refractivity contribution >= 4 is 23.2 Å².